The zero-order valence-corrected chi connectivity index (χ0v) is 15.9. The molecule has 0 radical (unpaired) electrons. The summed E-state index contributed by atoms with van der Waals surface area (Å²) in [5.41, 5.74) is 0.402. The Morgan fingerprint density at radius 2 is 1.96 bits per heavy atom. The summed E-state index contributed by atoms with van der Waals surface area (Å²) in [7, 11) is -2.54. The number of hydrogen-bond donors (Lipinski definition) is 0. The van der Waals surface area contributed by atoms with E-state index in [0.717, 1.165) is 4.31 Å². The number of esters is 2. The first-order valence-electron chi connectivity index (χ1n) is 8.01. The van der Waals surface area contributed by atoms with E-state index in [1.54, 1.807) is 18.2 Å². The second-order valence-corrected chi connectivity index (χ2v) is 8.24. The molecule has 0 spiro atoms. The van der Waals surface area contributed by atoms with Crippen molar-refractivity contribution in [2.75, 3.05) is 18.0 Å². The molecule has 1 aliphatic rings. The van der Waals surface area contributed by atoms with Crippen molar-refractivity contribution in [3.63, 3.8) is 0 Å². The van der Waals surface area contributed by atoms with Crippen LogP contribution in [-0.4, -0.2) is 40.1 Å². The van der Waals surface area contributed by atoms with Gasteiger partial charge in [-0.3, -0.25) is 4.31 Å². The van der Waals surface area contributed by atoms with Crippen LogP contribution < -0.4 is 4.31 Å². The average molecular weight is 410 g/mol. The number of ether oxygens (including phenoxy) is 2. The number of halogens is 1. The fraction of sp³-hybridized carbons (Fsp3) is 0.222. The highest BCUT2D eigenvalue weighted by Crippen LogP contribution is 2.25. The number of anilines is 1. The number of carbonyl (C=O) groups excluding carboxylic acids is 2. The number of sulfonamides is 1. The van der Waals surface area contributed by atoms with Gasteiger partial charge in [0.1, 0.15) is 0 Å². The van der Waals surface area contributed by atoms with Crippen LogP contribution in [0.25, 0.3) is 0 Å². The Hall–Kier alpha value is -2.58. The Labute approximate surface area is 161 Å². The van der Waals surface area contributed by atoms with Gasteiger partial charge < -0.3 is 9.47 Å². The summed E-state index contributed by atoms with van der Waals surface area (Å²) >= 11 is 5.92. The maximum atomic E-state index is 12.9. The molecule has 142 valence electrons. The van der Waals surface area contributed by atoms with Gasteiger partial charge in [0.05, 0.1) is 22.8 Å². The molecule has 1 aliphatic heterocycles. The molecule has 0 saturated carbocycles. The van der Waals surface area contributed by atoms with Crippen molar-refractivity contribution < 1.29 is 27.5 Å². The summed E-state index contributed by atoms with van der Waals surface area (Å²) in [4.78, 5) is 23.6. The summed E-state index contributed by atoms with van der Waals surface area (Å²) in [6, 6.07) is 11.8. The molecule has 0 unspecified atom stereocenters. The molecule has 0 bridgehead atoms. The third kappa shape index (κ3) is 4.06. The normalized spacial score (nSPS) is 16.7. The summed E-state index contributed by atoms with van der Waals surface area (Å²) in [6.07, 6.45) is -0.688. The highest BCUT2D eigenvalue weighted by Gasteiger charge is 2.31. The number of hydrogen-bond acceptors (Lipinski definition) is 6. The topological polar surface area (TPSA) is 90.0 Å². The number of cyclic esters (lactones) is 1. The molecule has 0 N–H and O–H groups in total. The lowest BCUT2D eigenvalue weighted by Gasteiger charge is -2.20. The first-order valence-corrected chi connectivity index (χ1v) is 9.83. The van der Waals surface area contributed by atoms with Crippen molar-refractivity contribution in [3.05, 3.63) is 59.1 Å². The summed E-state index contributed by atoms with van der Waals surface area (Å²) < 4.78 is 36.7. The summed E-state index contributed by atoms with van der Waals surface area (Å²) in [5.74, 6) is -1.39. The Kier molecular flexibility index (Phi) is 5.38. The van der Waals surface area contributed by atoms with Crippen LogP contribution in [0.2, 0.25) is 5.02 Å². The summed E-state index contributed by atoms with van der Waals surface area (Å²) in [5, 5.41) is 0.398. The predicted octanol–water partition coefficient (Wildman–Crippen LogP) is 2.64. The first kappa shape index (κ1) is 19.2. The molecule has 7 nitrogen and oxygen atoms in total. The minimum Gasteiger partial charge on any atom is -0.463 e. The van der Waals surface area contributed by atoms with Gasteiger partial charge in [0.2, 0.25) is 6.10 Å². The van der Waals surface area contributed by atoms with E-state index in [9.17, 15) is 18.0 Å². The Balaban J connectivity index is 1.85. The Bertz CT molecular complexity index is 991. The van der Waals surface area contributed by atoms with Crippen molar-refractivity contribution in [1.29, 1.82) is 0 Å². The van der Waals surface area contributed by atoms with Gasteiger partial charge in [-0.2, -0.15) is 0 Å². The highest BCUT2D eigenvalue weighted by molar-refractivity contribution is 7.92. The molecule has 1 heterocycles. The molecule has 2 aromatic carbocycles. The van der Waals surface area contributed by atoms with Gasteiger partial charge in [-0.1, -0.05) is 23.7 Å². The van der Waals surface area contributed by atoms with Crippen LogP contribution in [0.4, 0.5) is 5.69 Å². The zero-order valence-electron chi connectivity index (χ0n) is 14.3. The minimum atomic E-state index is -3.93. The van der Waals surface area contributed by atoms with Gasteiger partial charge in [0.15, 0.2) is 0 Å². The van der Waals surface area contributed by atoms with Crippen molar-refractivity contribution in [1.82, 2.24) is 0 Å². The Morgan fingerprint density at radius 1 is 1.22 bits per heavy atom. The van der Waals surface area contributed by atoms with E-state index in [2.05, 4.69) is 0 Å². The molecule has 3 rings (SSSR count). The largest absolute Gasteiger partial charge is 0.463 e. The third-order valence-corrected chi connectivity index (χ3v) is 6.05. The second kappa shape index (κ2) is 7.58. The quantitative estimate of drug-likeness (QED) is 0.705. The molecule has 27 heavy (non-hydrogen) atoms. The van der Waals surface area contributed by atoms with Crippen LogP contribution in [0.3, 0.4) is 0 Å². The van der Waals surface area contributed by atoms with Gasteiger partial charge in [-0.15, -0.1) is 0 Å². The van der Waals surface area contributed by atoms with Gasteiger partial charge >= 0.3 is 11.9 Å². The molecule has 9 heteroatoms. The van der Waals surface area contributed by atoms with E-state index in [0.29, 0.717) is 10.7 Å². The van der Waals surface area contributed by atoms with Gasteiger partial charge in [0, 0.05) is 18.5 Å². The van der Waals surface area contributed by atoms with Crippen LogP contribution >= 0.6 is 11.6 Å². The monoisotopic (exact) mass is 409 g/mol. The molecular formula is C18H16ClNO6S. The lowest BCUT2D eigenvalue weighted by atomic mass is 10.2. The summed E-state index contributed by atoms with van der Waals surface area (Å²) in [6.45, 7) is 0.190. The standard InChI is InChI=1S/C18H16ClNO6S/c1-20(14-6-3-5-13(19)11-14)27(23,24)15-7-2-4-12(10-15)17(21)26-16-8-9-25-18(16)22/h2-7,10-11,16H,8-9H2,1H3/t16-/m0/s1. The van der Waals surface area contributed by atoms with E-state index in [1.807, 2.05) is 0 Å². The first-order chi connectivity index (χ1) is 12.8. The van der Waals surface area contributed by atoms with Gasteiger partial charge in [0.25, 0.3) is 10.0 Å². The third-order valence-electron chi connectivity index (χ3n) is 4.04. The van der Waals surface area contributed by atoms with Crippen molar-refractivity contribution in [2.24, 2.45) is 0 Å². The van der Waals surface area contributed by atoms with Crippen LogP contribution in [-0.2, 0) is 24.3 Å². The van der Waals surface area contributed by atoms with Gasteiger partial charge in [-0.05, 0) is 36.4 Å². The Morgan fingerprint density at radius 3 is 2.63 bits per heavy atom. The number of carbonyl (C=O) groups is 2. The fourth-order valence-corrected chi connectivity index (χ4v) is 3.95. The lowest BCUT2D eigenvalue weighted by molar-refractivity contribution is -0.145. The lowest BCUT2D eigenvalue weighted by Crippen LogP contribution is -2.27. The van der Waals surface area contributed by atoms with E-state index >= 15 is 0 Å². The van der Waals surface area contributed by atoms with E-state index in [4.69, 9.17) is 21.1 Å². The maximum Gasteiger partial charge on any atom is 0.347 e. The molecule has 2 aromatic rings. The smallest absolute Gasteiger partial charge is 0.347 e. The molecule has 0 aliphatic carbocycles. The second-order valence-electron chi connectivity index (χ2n) is 5.83. The molecule has 0 aromatic heterocycles. The van der Waals surface area contributed by atoms with E-state index in [1.165, 1.54) is 37.4 Å². The van der Waals surface area contributed by atoms with Crippen molar-refractivity contribution >= 4 is 39.3 Å². The van der Waals surface area contributed by atoms with Crippen LogP contribution in [0.15, 0.2) is 53.4 Å². The molecule has 0 amide bonds. The molecule has 1 fully saturated rings. The van der Waals surface area contributed by atoms with Crippen molar-refractivity contribution in [2.45, 2.75) is 17.4 Å². The minimum absolute atomic E-state index is 0.0234. The number of nitrogens with zero attached hydrogens (tertiary/aromatic N) is 1. The van der Waals surface area contributed by atoms with Crippen LogP contribution in [0, 0.1) is 0 Å². The fourth-order valence-electron chi connectivity index (χ4n) is 2.53. The van der Waals surface area contributed by atoms with Crippen LogP contribution in [0.5, 0.6) is 0 Å². The van der Waals surface area contributed by atoms with Crippen LogP contribution in [0.1, 0.15) is 16.8 Å². The molecule has 1 atom stereocenters. The number of benzene rings is 2. The SMILES string of the molecule is CN(c1cccc(Cl)c1)S(=O)(=O)c1cccc(C(=O)O[C@H]2CCOC2=O)c1. The van der Waals surface area contributed by atoms with E-state index in [-0.39, 0.29) is 23.5 Å². The maximum absolute atomic E-state index is 12.9. The van der Waals surface area contributed by atoms with Gasteiger partial charge in [-0.25, -0.2) is 18.0 Å². The zero-order chi connectivity index (χ0) is 19.6. The van der Waals surface area contributed by atoms with Crippen molar-refractivity contribution in [3.8, 4) is 0 Å². The molecular weight excluding hydrogens is 394 g/mol. The number of rotatable bonds is 5. The van der Waals surface area contributed by atoms with E-state index < -0.39 is 28.1 Å². The molecule has 1 saturated heterocycles. The predicted molar refractivity (Wildman–Crippen MR) is 98.3 cm³/mol. The average Bonchev–Trinajstić information content (AvgIpc) is 3.05. The highest BCUT2D eigenvalue weighted by atomic mass is 35.5.